The Kier molecular flexibility index (Phi) is 10.2. The number of allylic oxidation sites excluding steroid dienone is 1. The monoisotopic (exact) mass is 607 g/mol. The largest absolute Gasteiger partial charge is 0.393 e. The average molecular weight is 608 g/mol. The second-order valence-corrected chi connectivity index (χ2v) is 14.7. The van der Waals surface area contributed by atoms with Crippen LogP contribution >= 0.6 is 11.6 Å². The molecule has 2 aromatic rings. The van der Waals surface area contributed by atoms with Gasteiger partial charge in [-0.2, -0.15) is 0 Å². The number of halogens is 1. The molecule has 236 valence electrons. The molecule has 0 bridgehead atoms. The molecule has 3 fully saturated rings. The SMILES string of the molecule is CCN(CC)CCCC(C)Nc1ccnc2cc(Cl)ccc12.C[C@]12CC[C@H](O)CC1=CC[C@@H]1[C@@H]2CC[C@]2(C)C(=O)CC[C@@H]12. The zero-order chi connectivity index (χ0) is 30.8. The van der Waals surface area contributed by atoms with Crippen LogP contribution in [0.3, 0.4) is 0 Å². The van der Waals surface area contributed by atoms with Crippen LogP contribution in [-0.2, 0) is 4.79 Å². The van der Waals surface area contributed by atoms with E-state index in [1.165, 1.54) is 25.0 Å². The second kappa shape index (κ2) is 13.6. The Bertz CT molecular complexity index is 1310. The first kappa shape index (κ1) is 32.4. The highest BCUT2D eigenvalue weighted by Gasteiger charge is 2.58. The third-order valence-electron chi connectivity index (χ3n) is 11.9. The summed E-state index contributed by atoms with van der Waals surface area (Å²) >= 11 is 6.04. The third kappa shape index (κ3) is 6.70. The lowest BCUT2D eigenvalue weighted by Crippen LogP contribution is -2.50. The molecule has 0 aliphatic heterocycles. The van der Waals surface area contributed by atoms with Crippen LogP contribution < -0.4 is 5.32 Å². The molecule has 0 spiro atoms. The summed E-state index contributed by atoms with van der Waals surface area (Å²) < 4.78 is 0. The predicted molar refractivity (Wildman–Crippen MR) is 180 cm³/mol. The number of nitrogens with zero attached hydrogens (tertiary/aromatic N) is 2. The van der Waals surface area contributed by atoms with Crippen molar-refractivity contribution in [3.05, 3.63) is 47.1 Å². The fourth-order valence-electron chi connectivity index (χ4n) is 9.16. The minimum Gasteiger partial charge on any atom is -0.393 e. The maximum Gasteiger partial charge on any atom is 0.139 e. The first-order valence-electron chi connectivity index (χ1n) is 17.0. The zero-order valence-electron chi connectivity index (χ0n) is 27.2. The van der Waals surface area contributed by atoms with Gasteiger partial charge in [0, 0.05) is 40.2 Å². The average Bonchev–Trinajstić information content (AvgIpc) is 3.30. The van der Waals surface area contributed by atoms with Crippen LogP contribution in [0.25, 0.3) is 10.9 Å². The number of nitrogens with one attached hydrogen (secondary N) is 1. The number of aromatic nitrogens is 1. The van der Waals surface area contributed by atoms with Gasteiger partial charge in [-0.3, -0.25) is 9.78 Å². The summed E-state index contributed by atoms with van der Waals surface area (Å²) in [4.78, 5) is 19.2. The maximum atomic E-state index is 12.4. The van der Waals surface area contributed by atoms with Gasteiger partial charge in [0.05, 0.1) is 11.6 Å². The predicted octanol–water partition coefficient (Wildman–Crippen LogP) is 8.69. The van der Waals surface area contributed by atoms with Crippen LogP contribution in [0.1, 0.15) is 98.8 Å². The van der Waals surface area contributed by atoms with Crippen molar-refractivity contribution in [2.45, 2.75) is 111 Å². The molecule has 0 amide bonds. The number of pyridine rings is 1. The number of anilines is 1. The summed E-state index contributed by atoms with van der Waals surface area (Å²) in [5.41, 5.74) is 3.88. The minimum atomic E-state index is -0.122. The molecule has 3 saturated carbocycles. The van der Waals surface area contributed by atoms with Gasteiger partial charge >= 0.3 is 0 Å². The molecule has 2 N–H and O–H groups in total. The summed E-state index contributed by atoms with van der Waals surface area (Å²) in [5, 5.41) is 15.5. The van der Waals surface area contributed by atoms with E-state index in [2.05, 4.69) is 55.9 Å². The van der Waals surface area contributed by atoms with Crippen LogP contribution in [0.2, 0.25) is 5.02 Å². The van der Waals surface area contributed by atoms with E-state index in [0.717, 1.165) is 92.0 Å². The summed E-state index contributed by atoms with van der Waals surface area (Å²) in [6, 6.07) is 8.35. The van der Waals surface area contributed by atoms with Crippen molar-refractivity contribution in [2.75, 3.05) is 25.0 Å². The number of carbonyl (C=O) groups is 1. The summed E-state index contributed by atoms with van der Waals surface area (Å²) in [7, 11) is 0. The topological polar surface area (TPSA) is 65.5 Å². The Morgan fingerprint density at radius 1 is 1.09 bits per heavy atom. The normalized spacial score (nSPS) is 32.3. The van der Waals surface area contributed by atoms with Crippen LogP contribution in [0.4, 0.5) is 5.69 Å². The molecule has 1 aromatic carbocycles. The van der Waals surface area contributed by atoms with Crippen molar-refractivity contribution in [3.8, 4) is 0 Å². The van der Waals surface area contributed by atoms with Gasteiger partial charge in [-0.25, -0.2) is 0 Å². The lowest BCUT2D eigenvalue weighted by Gasteiger charge is -2.56. The molecule has 7 atom stereocenters. The second-order valence-electron chi connectivity index (χ2n) is 14.3. The molecule has 4 aliphatic carbocycles. The van der Waals surface area contributed by atoms with E-state index in [4.69, 9.17) is 11.6 Å². The van der Waals surface area contributed by atoms with E-state index < -0.39 is 0 Å². The van der Waals surface area contributed by atoms with E-state index >= 15 is 0 Å². The van der Waals surface area contributed by atoms with Gasteiger partial charge in [-0.15, -0.1) is 0 Å². The number of aliphatic hydroxyl groups excluding tert-OH is 1. The Morgan fingerprint density at radius 2 is 1.84 bits per heavy atom. The van der Waals surface area contributed by atoms with Crippen LogP contribution in [-0.4, -0.2) is 52.6 Å². The molecular weight excluding hydrogens is 554 g/mol. The van der Waals surface area contributed by atoms with E-state index in [9.17, 15) is 9.90 Å². The van der Waals surface area contributed by atoms with Gasteiger partial charge in [-0.05, 0) is 132 Å². The smallest absolute Gasteiger partial charge is 0.139 e. The Morgan fingerprint density at radius 3 is 2.60 bits per heavy atom. The first-order valence-corrected chi connectivity index (χ1v) is 17.4. The number of hydrogen-bond donors (Lipinski definition) is 2. The molecule has 1 unspecified atom stereocenters. The number of benzene rings is 1. The van der Waals surface area contributed by atoms with Gasteiger partial charge in [0.15, 0.2) is 0 Å². The summed E-state index contributed by atoms with van der Waals surface area (Å²) in [5.74, 6) is 2.60. The lowest BCUT2D eigenvalue weighted by molar-refractivity contribution is -0.132. The number of carbonyl (C=O) groups excluding carboxylic acids is 1. The molecule has 4 aliphatic rings. The number of hydrogen-bond acceptors (Lipinski definition) is 5. The van der Waals surface area contributed by atoms with Gasteiger partial charge in [0.1, 0.15) is 5.78 Å². The number of aliphatic hydroxyl groups is 1. The van der Waals surface area contributed by atoms with Crippen molar-refractivity contribution in [3.63, 3.8) is 0 Å². The molecule has 6 rings (SSSR count). The maximum absolute atomic E-state index is 12.4. The van der Waals surface area contributed by atoms with Crippen LogP contribution in [0.15, 0.2) is 42.1 Å². The highest BCUT2D eigenvalue weighted by atomic mass is 35.5. The van der Waals surface area contributed by atoms with Crippen LogP contribution in [0, 0.1) is 28.6 Å². The van der Waals surface area contributed by atoms with Crippen molar-refractivity contribution in [1.82, 2.24) is 9.88 Å². The van der Waals surface area contributed by atoms with Crippen molar-refractivity contribution in [1.29, 1.82) is 0 Å². The zero-order valence-corrected chi connectivity index (χ0v) is 27.9. The van der Waals surface area contributed by atoms with E-state index in [1.807, 2.05) is 30.5 Å². The van der Waals surface area contributed by atoms with Crippen LogP contribution in [0.5, 0.6) is 0 Å². The molecule has 0 radical (unpaired) electrons. The molecule has 1 aromatic heterocycles. The number of rotatable bonds is 8. The highest BCUT2D eigenvalue weighted by Crippen LogP contribution is 2.63. The lowest BCUT2D eigenvalue weighted by atomic mass is 9.48. The van der Waals surface area contributed by atoms with Crippen molar-refractivity contribution in [2.24, 2.45) is 28.6 Å². The Balaban J connectivity index is 0.000000171. The Hall–Kier alpha value is -1.95. The first-order chi connectivity index (χ1) is 20.6. The molecule has 43 heavy (non-hydrogen) atoms. The number of ketones is 1. The molecular formula is C37H54ClN3O2. The molecule has 0 saturated heterocycles. The molecule has 1 heterocycles. The van der Waals surface area contributed by atoms with E-state index in [-0.39, 0.29) is 11.5 Å². The van der Waals surface area contributed by atoms with Gasteiger partial charge in [0.2, 0.25) is 0 Å². The highest BCUT2D eigenvalue weighted by molar-refractivity contribution is 6.31. The third-order valence-corrected chi connectivity index (χ3v) is 12.1. The quantitative estimate of drug-likeness (QED) is 0.294. The number of fused-ring (bicyclic) bond motifs is 6. The van der Waals surface area contributed by atoms with E-state index in [0.29, 0.717) is 29.1 Å². The standard InChI is InChI=1S/C19H28O2.C18H26ClN3/c1-18-9-7-13(20)11-12(18)3-4-14-15-5-6-17(21)19(15,2)10-8-16(14)18;1-4-22(5-2)12-6-7-14(3)21-17-10-11-20-18-13-15(19)8-9-16(17)18/h3,13-16,20H,4-11H2,1-2H3;8-11,13-14H,4-7,12H2,1-3H3,(H,20,21)/t13-,14-,15-,16-,18-,19-;/m0./s1. The van der Waals surface area contributed by atoms with E-state index in [1.54, 1.807) is 0 Å². The van der Waals surface area contributed by atoms with Crippen molar-refractivity contribution < 1.29 is 9.90 Å². The number of Topliss-reactive ketones (excluding diaryl/α,β-unsaturated/α-hetero) is 1. The van der Waals surface area contributed by atoms with Gasteiger partial charge in [0.25, 0.3) is 0 Å². The molecule has 6 heteroatoms. The Labute approximate surface area is 264 Å². The van der Waals surface area contributed by atoms with Gasteiger partial charge in [-0.1, -0.05) is 50.9 Å². The summed E-state index contributed by atoms with van der Waals surface area (Å²) in [6.45, 7) is 14.8. The van der Waals surface area contributed by atoms with Crippen molar-refractivity contribution >= 4 is 34.0 Å². The fourth-order valence-corrected chi connectivity index (χ4v) is 9.32. The summed E-state index contributed by atoms with van der Waals surface area (Å²) in [6.07, 6.45) is 14.9. The minimum absolute atomic E-state index is 0.0168. The fraction of sp³-hybridized carbons (Fsp3) is 0.676. The van der Waals surface area contributed by atoms with Gasteiger partial charge < -0.3 is 15.3 Å². The molecule has 5 nitrogen and oxygen atoms in total.